The van der Waals surface area contributed by atoms with Gasteiger partial charge in [0, 0.05) is 6.54 Å². The molecule has 1 aliphatic heterocycles. The number of anilines is 1. The van der Waals surface area contributed by atoms with Gasteiger partial charge in [0.15, 0.2) is 6.61 Å². The van der Waals surface area contributed by atoms with E-state index in [9.17, 15) is 4.79 Å². The maximum absolute atomic E-state index is 12.7. The largest absolute Gasteiger partial charge is 0.495 e. The summed E-state index contributed by atoms with van der Waals surface area (Å²) in [7, 11) is 1.63. The zero-order valence-electron chi connectivity index (χ0n) is 13.8. The fourth-order valence-corrected chi connectivity index (χ4v) is 3.24. The number of benzene rings is 2. The molecule has 4 nitrogen and oxygen atoms in total. The monoisotopic (exact) mass is 345 g/mol. The van der Waals surface area contributed by atoms with Gasteiger partial charge in [-0.1, -0.05) is 29.8 Å². The summed E-state index contributed by atoms with van der Waals surface area (Å²) >= 11 is 6.07. The molecule has 0 fully saturated rings. The van der Waals surface area contributed by atoms with Crippen LogP contribution in [0.15, 0.2) is 36.4 Å². The molecule has 0 unspecified atom stereocenters. The number of ether oxygens (including phenoxy) is 2. The van der Waals surface area contributed by atoms with Gasteiger partial charge in [0.2, 0.25) is 0 Å². The predicted octanol–water partition coefficient (Wildman–Crippen LogP) is 4.02. The molecule has 3 rings (SSSR count). The molecule has 0 radical (unpaired) electrons. The normalized spacial score (nSPS) is 13.4. The van der Waals surface area contributed by atoms with Crippen molar-refractivity contribution in [2.75, 3.05) is 25.2 Å². The highest BCUT2D eigenvalue weighted by molar-refractivity contribution is 6.32. The van der Waals surface area contributed by atoms with Gasteiger partial charge in [-0.15, -0.1) is 0 Å². The summed E-state index contributed by atoms with van der Waals surface area (Å²) in [5.74, 6) is 1.14. The number of hydrogen-bond donors (Lipinski definition) is 0. The Kier molecular flexibility index (Phi) is 4.95. The first kappa shape index (κ1) is 16.7. The van der Waals surface area contributed by atoms with Crippen LogP contribution in [0.1, 0.15) is 17.5 Å². The van der Waals surface area contributed by atoms with Crippen LogP contribution in [0.3, 0.4) is 0 Å². The van der Waals surface area contributed by atoms with Crippen LogP contribution < -0.4 is 14.4 Å². The highest BCUT2D eigenvalue weighted by Gasteiger charge is 2.27. The molecule has 2 aromatic rings. The molecule has 0 aliphatic carbocycles. The average Bonchev–Trinajstić information content (AvgIpc) is 2.61. The fourth-order valence-electron chi connectivity index (χ4n) is 3.05. The van der Waals surface area contributed by atoms with Crippen LogP contribution in [0.4, 0.5) is 5.69 Å². The first-order valence-corrected chi connectivity index (χ1v) is 8.33. The summed E-state index contributed by atoms with van der Waals surface area (Å²) in [6.45, 7) is 2.67. The number of hydrogen-bond acceptors (Lipinski definition) is 3. The van der Waals surface area contributed by atoms with E-state index >= 15 is 0 Å². The van der Waals surface area contributed by atoms with Gasteiger partial charge in [0.05, 0.1) is 17.8 Å². The van der Waals surface area contributed by atoms with Crippen LogP contribution in [0.2, 0.25) is 5.02 Å². The smallest absolute Gasteiger partial charge is 0.265 e. The van der Waals surface area contributed by atoms with E-state index in [1.165, 1.54) is 11.1 Å². The van der Waals surface area contributed by atoms with Gasteiger partial charge in [-0.25, -0.2) is 0 Å². The maximum atomic E-state index is 12.7. The number of amides is 1. The zero-order chi connectivity index (χ0) is 17.1. The van der Waals surface area contributed by atoms with E-state index in [0.29, 0.717) is 17.3 Å². The van der Waals surface area contributed by atoms with Gasteiger partial charge >= 0.3 is 0 Å². The number of aryl methyl sites for hydroxylation is 1. The van der Waals surface area contributed by atoms with Crippen LogP contribution >= 0.6 is 11.6 Å². The number of halogens is 1. The first-order valence-electron chi connectivity index (χ1n) is 7.96. The highest BCUT2D eigenvalue weighted by atomic mass is 35.5. The number of rotatable bonds is 4. The van der Waals surface area contributed by atoms with Crippen molar-refractivity contribution in [1.29, 1.82) is 0 Å². The second-order valence-electron chi connectivity index (χ2n) is 5.78. The molecule has 0 spiro atoms. The Bertz CT molecular complexity index is 760. The zero-order valence-corrected chi connectivity index (χ0v) is 14.6. The van der Waals surface area contributed by atoms with Gasteiger partial charge in [-0.2, -0.15) is 0 Å². The Hall–Kier alpha value is -2.20. The third kappa shape index (κ3) is 3.20. The van der Waals surface area contributed by atoms with Gasteiger partial charge in [-0.05, 0) is 49.1 Å². The third-order valence-electron chi connectivity index (χ3n) is 4.27. The second kappa shape index (κ2) is 7.14. The third-order valence-corrected chi connectivity index (χ3v) is 4.58. The van der Waals surface area contributed by atoms with Crippen LogP contribution in [-0.2, 0) is 11.2 Å². The lowest BCUT2D eigenvalue weighted by Crippen LogP contribution is -2.39. The van der Waals surface area contributed by atoms with Crippen molar-refractivity contribution in [1.82, 2.24) is 0 Å². The number of methoxy groups -OCH3 is 1. The molecule has 0 saturated carbocycles. The van der Waals surface area contributed by atoms with Crippen LogP contribution in [-0.4, -0.2) is 26.2 Å². The van der Waals surface area contributed by atoms with Crippen LogP contribution in [0, 0.1) is 6.92 Å². The topological polar surface area (TPSA) is 38.8 Å². The van der Waals surface area contributed by atoms with Gasteiger partial charge in [0.1, 0.15) is 11.5 Å². The van der Waals surface area contributed by atoms with Crippen LogP contribution in [0.5, 0.6) is 11.5 Å². The quantitative estimate of drug-likeness (QED) is 0.840. The summed E-state index contributed by atoms with van der Waals surface area (Å²) in [6.07, 6.45) is 1.88. The Morgan fingerprint density at radius 2 is 2.00 bits per heavy atom. The molecule has 24 heavy (non-hydrogen) atoms. The molecule has 0 atom stereocenters. The van der Waals surface area contributed by atoms with Crippen LogP contribution in [0.25, 0.3) is 0 Å². The van der Waals surface area contributed by atoms with Crippen molar-refractivity contribution in [3.63, 3.8) is 0 Å². The summed E-state index contributed by atoms with van der Waals surface area (Å²) in [5, 5.41) is 0.498. The standard InChI is InChI=1S/C19H20ClNO3/c1-13-9-10-17(23-2)19-14(13)6-5-11-21(19)18(22)12-24-16-8-4-3-7-15(16)20/h3-4,7-10H,5-6,11-12H2,1-2H3. The number of carbonyl (C=O) groups is 1. The predicted molar refractivity (Wildman–Crippen MR) is 95.4 cm³/mol. The number of para-hydroxylation sites is 1. The second-order valence-corrected chi connectivity index (χ2v) is 6.19. The van der Waals surface area contributed by atoms with Crippen molar-refractivity contribution in [3.8, 4) is 11.5 Å². The fraction of sp³-hybridized carbons (Fsp3) is 0.316. The van der Waals surface area contributed by atoms with Crippen molar-refractivity contribution in [2.24, 2.45) is 0 Å². The van der Waals surface area contributed by atoms with Crippen molar-refractivity contribution in [3.05, 3.63) is 52.5 Å². The number of carbonyl (C=O) groups excluding carboxylic acids is 1. The Labute approximate surface area is 146 Å². The van der Waals surface area contributed by atoms with Crippen molar-refractivity contribution >= 4 is 23.2 Å². The molecule has 2 aromatic carbocycles. The summed E-state index contributed by atoms with van der Waals surface area (Å²) in [6, 6.07) is 11.1. The van der Waals surface area contributed by atoms with E-state index in [1.807, 2.05) is 24.3 Å². The molecule has 1 heterocycles. The minimum atomic E-state index is -0.0974. The van der Waals surface area contributed by atoms with Gasteiger partial charge in [-0.3, -0.25) is 4.79 Å². The van der Waals surface area contributed by atoms with Gasteiger partial charge in [0.25, 0.3) is 5.91 Å². The average molecular weight is 346 g/mol. The highest BCUT2D eigenvalue weighted by Crippen LogP contribution is 2.38. The lowest BCUT2D eigenvalue weighted by atomic mass is 9.96. The van der Waals surface area contributed by atoms with E-state index < -0.39 is 0 Å². The summed E-state index contributed by atoms with van der Waals surface area (Å²) in [4.78, 5) is 14.5. The molecular weight excluding hydrogens is 326 g/mol. The molecule has 126 valence electrons. The number of nitrogens with zero attached hydrogens (tertiary/aromatic N) is 1. The van der Waals surface area contributed by atoms with Crippen molar-refractivity contribution in [2.45, 2.75) is 19.8 Å². The molecule has 1 aliphatic rings. The summed E-state index contributed by atoms with van der Waals surface area (Å²) in [5.41, 5.74) is 3.22. The minimum Gasteiger partial charge on any atom is -0.495 e. The first-order chi connectivity index (χ1) is 11.6. The molecule has 0 aromatic heterocycles. The molecular formula is C19H20ClNO3. The van der Waals surface area contributed by atoms with Crippen molar-refractivity contribution < 1.29 is 14.3 Å². The molecule has 0 saturated heterocycles. The molecule has 5 heteroatoms. The lowest BCUT2D eigenvalue weighted by Gasteiger charge is -2.32. The Balaban J connectivity index is 1.82. The summed E-state index contributed by atoms with van der Waals surface area (Å²) < 4.78 is 11.1. The SMILES string of the molecule is COc1ccc(C)c2c1N(C(=O)COc1ccccc1Cl)CCC2. The van der Waals surface area contributed by atoms with Gasteiger partial charge < -0.3 is 14.4 Å². The van der Waals surface area contributed by atoms with E-state index in [2.05, 4.69) is 6.92 Å². The van der Waals surface area contributed by atoms with E-state index in [-0.39, 0.29) is 12.5 Å². The Morgan fingerprint density at radius 3 is 2.75 bits per heavy atom. The minimum absolute atomic E-state index is 0.0553. The maximum Gasteiger partial charge on any atom is 0.265 e. The molecule has 0 N–H and O–H groups in total. The lowest BCUT2D eigenvalue weighted by molar-refractivity contribution is -0.120. The molecule has 0 bridgehead atoms. The number of fused-ring (bicyclic) bond motifs is 1. The van der Waals surface area contributed by atoms with E-state index in [0.717, 1.165) is 24.3 Å². The Morgan fingerprint density at radius 1 is 1.21 bits per heavy atom. The molecule has 1 amide bonds. The van der Waals surface area contributed by atoms with E-state index in [4.69, 9.17) is 21.1 Å². The van der Waals surface area contributed by atoms with E-state index in [1.54, 1.807) is 24.1 Å².